The van der Waals surface area contributed by atoms with Crippen molar-refractivity contribution in [2.45, 2.75) is 5.03 Å². The summed E-state index contributed by atoms with van der Waals surface area (Å²) < 4.78 is 22.6. The van der Waals surface area contributed by atoms with Crippen LogP contribution in [0.2, 0.25) is 0 Å². The van der Waals surface area contributed by atoms with Gasteiger partial charge in [0.2, 0.25) is 5.78 Å². The van der Waals surface area contributed by atoms with Crippen LogP contribution in [0.15, 0.2) is 29.7 Å². The Bertz CT molecular complexity index is 439. The quantitative estimate of drug-likeness (QED) is 0.580. The molecule has 0 bridgehead atoms. The minimum atomic E-state index is -2.26. The van der Waals surface area contributed by atoms with Crippen LogP contribution in [-0.2, 0) is 11.1 Å². The molecule has 0 N–H and O–H groups in total. The Morgan fingerprint density at radius 1 is 1.50 bits per heavy atom. The summed E-state index contributed by atoms with van der Waals surface area (Å²) >= 11 is -2.26. The Balaban J connectivity index is 2.79. The molecule has 62 valence electrons. The van der Waals surface area contributed by atoms with Crippen LogP contribution in [-0.4, -0.2) is 23.1 Å². The molecule has 2 heterocycles. The van der Waals surface area contributed by atoms with E-state index in [-0.39, 0.29) is 5.03 Å². The van der Waals surface area contributed by atoms with Crippen LogP contribution in [0.1, 0.15) is 0 Å². The van der Waals surface area contributed by atoms with E-state index in [1.165, 1.54) is 10.6 Å². The molecule has 0 aliphatic carbocycles. The first-order valence-corrected chi connectivity index (χ1v) is 4.24. The monoisotopic (exact) mass is 182 g/mol. The first kappa shape index (κ1) is 7.38. The predicted octanol–water partition coefficient (Wildman–Crippen LogP) is -0.0327. The van der Waals surface area contributed by atoms with E-state index in [1.54, 1.807) is 18.5 Å². The van der Waals surface area contributed by atoms with Gasteiger partial charge in [-0.3, -0.25) is 8.61 Å². The van der Waals surface area contributed by atoms with Crippen molar-refractivity contribution < 1.29 is 8.76 Å². The molecule has 2 aromatic heterocycles. The zero-order chi connectivity index (χ0) is 8.55. The molecule has 12 heavy (non-hydrogen) atoms. The lowest BCUT2D eigenvalue weighted by molar-refractivity contribution is 0.532. The molecule has 1 atom stereocenters. The fraction of sp³-hybridized carbons (Fsp3) is 0. The second kappa shape index (κ2) is 2.65. The highest BCUT2D eigenvalue weighted by Crippen LogP contribution is 2.05. The van der Waals surface area contributed by atoms with Gasteiger partial charge in [-0.15, -0.1) is 0 Å². The Labute approximate surface area is 70.4 Å². The van der Waals surface area contributed by atoms with Crippen LogP contribution in [0.4, 0.5) is 0 Å². The van der Waals surface area contributed by atoms with E-state index in [0.29, 0.717) is 5.78 Å². The normalized spacial score (nSPS) is 13.4. The Hall–Kier alpha value is -1.27. The van der Waals surface area contributed by atoms with Crippen molar-refractivity contribution in [1.82, 2.24) is 14.4 Å². The smallest absolute Gasteiger partial charge is 0.234 e. The minimum absolute atomic E-state index is 0.123. The summed E-state index contributed by atoms with van der Waals surface area (Å²) in [6.45, 7) is 0. The van der Waals surface area contributed by atoms with Crippen LogP contribution in [0.3, 0.4) is 0 Å². The SMILES string of the molecule is O=S([O-])c1cnc2ncccn12. The Morgan fingerprint density at radius 2 is 2.33 bits per heavy atom. The second-order valence-electron chi connectivity index (χ2n) is 2.12. The first-order chi connectivity index (χ1) is 5.79. The standard InChI is InChI=1S/C6H5N3O2S/c10-12(11)5-4-8-6-7-2-1-3-9(5)6/h1-4H,(H,10,11)/p-1. The minimum Gasteiger partial charge on any atom is -0.767 e. The van der Waals surface area contributed by atoms with Crippen LogP contribution in [0.5, 0.6) is 0 Å². The number of nitrogens with zero attached hydrogens (tertiary/aromatic N) is 3. The summed E-state index contributed by atoms with van der Waals surface area (Å²) in [6, 6.07) is 1.64. The predicted molar refractivity (Wildman–Crippen MR) is 40.2 cm³/mol. The van der Waals surface area contributed by atoms with Crippen LogP contribution < -0.4 is 0 Å². The van der Waals surface area contributed by atoms with Crippen molar-refractivity contribution in [3.8, 4) is 0 Å². The lowest BCUT2D eigenvalue weighted by atomic mass is 10.7. The highest BCUT2D eigenvalue weighted by molar-refractivity contribution is 7.79. The molecule has 1 unspecified atom stereocenters. The molecule has 5 nitrogen and oxygen atoms in total. The summed E-state index contributed by atoms with van der Waals surface area (Å²) in [5.74, 6) is 0.386. The van der Waals surface area contributed by atoms with Gasteiger partial charge >= 0.3 is 0 Å². The highest BCUT2D eigenvalue weighted by atomic mass is 32.2. The van der Waals surface area contributed by atoms with Crippen molar-refractivity contribution in [1.29, 1.82) is 0 Å². The van der Waals surface area contributed by atoms with E-state index < -0.39 is 11.1 Å². The summed E-state index contributed by atoms with van der Waals surface area (Å²) in [5, 5.41) is 0.123. The number of imidazole rings is 1. The Morgan fingerprint density at radius 3 is 3.08 bits per heavy atom. The van der Waals surface area contributed by atoms with E-state index >= 15 is 0 Å². The molecular formula is C6H4N3O2S-. The molecule has 2 aromatic rings. The van der Waals surface area contributed by atoms with Crippen molar-refractivity contribution in [3.63, 3.8) is 0 Å². The van der Waals surface area contributed by atoms with Gasteiger partial charge in [0.1, 0.15) is 5.03 Å². The second-order valence-corrected chi connectivity index (χ2v) is 3.01. The van der Waals surface area contributed by atoms with E-state index in [2.05, 4.69) is 9.97 Å². The molecule has 0 amide bonds. The molecule has 0 aliphatic rings. The molecule has 0 saturated heterocycles. The molecule has 0 aliphatic heterocycles. The van der Waals surface area contributed by atoms with Gasteiger partial charge in [-0.05, 0) is 17.1 Å². The average molecular weight is 182 g/mol. The molecule has 0 spiro atoms. The van der Waals surface area contributed by atoms with Gasteiger partial charge in [0.15, 0.2) is 0 Å². The zero-order valence-electron chi connectivity index (χ0n) is 5.88. The first-order valence-electron chi connectivity index (χ1n) is 3.16. The molecule has 0 saturated carbocycles. The lowest BCUT2D eigenvalue weighted by Gasteiger charge is -2.02. The molecule has 2 rings (SSSR count). The fourth-order valence-corrected chi connectivity index (χ4v) is 1.37. The summed E-state index contributed by atoms with van der Waals surface area (Å²) in [6.07, 6.45) is 4.42. The third-order valence-corrected chi connectivity index (χ3v) is 2.07. The lowest BCUT2D eigenvalue weighted by Crippen LogP contribution is -1.95. The number of fused-ring (bicyclic) bond motifs is 1. The van der Waals surface area contributed by atoms with Crippen molar-refractivity contribution in [2.75, 3.05) is 0 Å². The number of hydrogen-bond acceptors (Lipinski definition) is 4. The largest absolute Gasteiger partial charge is 0.767 e. The van der Waals surface area contributed by atoms with Gasteiger partial charge < -0.3 is 4.55 Å². The van der Waals surface area contributed by atoms with Gasteiger partial charge in [0.25, 0.3) is 0 Å². The van der Waals surface area contributed by atoms with E-state index in [1.807, 2.05) is 0 Å². The third-order valence-electron chi connectivity index (χ3n) is 1.43. The topological polar surface area (TPSA) is 70.3 Å². The van der Waals surface area contributed by atoms with Crippen molar-refractivity contribution in [2.24, 2.45) is 0 Å². The summed E-state index contributed by atoms with van der Waals surface area (Å²) in [5.41, 5.74) is 0. The maximum Gasteiger partial charge on any atom is 0.234 e. The summed E-state index contributed by atoms with van der Waals surface area (Å²) in [4.78, 5) is 7.66. The molecule has 0 aromatic carbocycles. The molecule has 6 heteroatoms. The highest BCUT2D eigenvalue weighted by Gasteiger charge is 2.01. The van der Waals surface area contributed by atoms with Gasteiger partial charge in [0, 0.05) is 12.4 Å². The van der Waals surface area contributed by atoms with Crippen LogP contribution in [0, 0.1) is 0 Å². The molecule has 0 fully saturated rings. The van der Waals surface area contributed by atoms with Crippen LogP contribution in [0.25, 0.3) is 5.78 Å². The molecular weight excluding hydrogens is 178 g/mol. The van der Waals surface area contributed by atoms with E-state index in [0.717, 1.165) is 0 Å². The van der Waals surface area contributed by atoms with Gasteiger partial charge in [-0.25, -0.2) is 9.97 Å². The van der Waals surface area contributed by atoms with Crippen molar-refractivity contribution >= 4 is 16.9 Å². The number of aromatic nitrogens is 3. The van der Waals surface area contributed by atoms with Gasteiger partial charge in [-0.1, -0.05) is 0 Å². The maximum absolute atomic E-state index is 10.6. The van der Waals surface area contributed by atoms with E-state index in [4.69, 9.17) is 0 Å². The Kier molecular flexibility index (Phi) is 1.63. The van der Waals surface area contributed by atoms with Crippen LogP contribution >= 0.6 is 0 Å². The van der Waals surface area contributed by atoms with Gasteiger partial charge in [-0.2, -0.15) is 0 Å². The number of hydrogen-bond donors (Lipinski definition) is 0. The summed E-state index contributed by atoms with van der Waals surface area (Å²) in [7, 11) is 0. The number of rotatable bonds is 1. The third kappa shape index (κ3) is 1.01. The van der Waals surface area contributed by atoms with Gasteiger partial charge in [0.05, 0.1) is 6.20 Å². The molecule has 0 radical (unpaired) electrons. The fourth-order valence-electron chi connectivity index (χ4n) is 0.929. The maximum atomic E-state index is 10.6. The van der Waals surface area contributed by atoms with Crippen molar-refractivity contribution in [3.05, 3.63) is 24.7 Å². The average Bonchev–Trinajstić information content (AvgIpc) is 2.47. The van der Waals surface area contributed by atoms with E-state index in [9.17, 15) is 8.76 Å². The zero-order valence-corrected chi connectivity index (χ0v) is 6.69.